The van der Waals surface area contributed by atoms with Crippen molar-refractivity contribution in [2.45, 2.75) is 38.1 Å². The van der Waals surface area contributed by atoms with Crippen molar-refractivity contribution in [2.75, 3.05) is 73.4 Å². The number of nitrogens with zero attached hydrogens (tertiary/aromatic N) is 2. The van der Waals surface area contributed by atoms with E-state index in [9.17, 15) is 0 Å². The van der Waals surface area contributed by atoms with Crippen molar-refractivity contribution in [1.29, 1.82) is 0 Å². The Hall–Kier alpha value is -0.160. The smallest absolute Gasteiger partial charge is 0.191 e. The zero-order valence-electron chi connectivity index (χ0n) is 17.1. The van der Waals surface area contributed by atoms with E-state index < -0.39 is 0 Å². The molecule has 8 heteroatoms. The lowest BCUT2D eigenvalue weighted by Crippen LogP contribution is -2.45. The van der Waals surface area contributed by atoms with E-state index in [0.29, 0.717) is 12.0 Å². The van der Waals surface area contributed by atoms with Gasteiger partial charge in [0.1, 0.15) is 0 Å². The first kappa shape index (κ1) is 24.9. The Balaban J connectivity index is 0.00000364. The van der Waals surface area contributed by atoms with Crippen molar-refractivity contribution in [1.82, 2.24) is 15.5 Å². The van der Waals surface area contributed by atoms with Crippen LogP contribution in [0.15, 0.2) is 4.99 Å². The van der Waals surface area contributed by atoms with Crippen LogP contribution < -0.4 is 10.6 Å². The van der Waals surface area contributed by atoms with Gasteiger partial charge in [0.05, 0.1) is 6.61 Å². The lowest BCUT2D eigenvalue weighted by Gasteiger charge is -2.25. The Kier molecular flexibility index (Phi) is 14.5. The number of hydrogen-bond donors (Lipinski definition) is 2. The second-order valence-electron chi connectivity index (χ2n) is 7.19. The molecule has 0 aliphatic carbocycles. The fourth-order valence-electron chi connectivity index (χ4n) is 3.61. The highest BCUT2D eigenvalue weighted by Gasteiger charge is 2.23. The van der Waals surface area contributed by atoms with Crippen molar-refractivity contribution >= 4 is 29.9 Å². The summed E-state index contributed by atoms with van der Waals surface area (Å²) >= 11 is 0. The van der Waals surface area contributed by atoms with E-state index in [1.54, 1.807) is 7.11 Å². The SMILES string of the molecule is CN=C(NCCCOCC1CCOCC1)NCC1CCCN1CCOC.I. The number of rotatable bonds is 11. The quantitative estimate of drug-likeness (QED) is 0.196. The van der Waals surface area contributed by atoms with E-state index in [0.717, 1.165) is 77.9 Å². The van der Waals surface area contributed by atoms with Crippen LogP contribution in [0.4, 0.5) is 0 Å². The van der Waals surface area contributed by atoms with Crippen LogP contribution in [0.3, 0.4) is 0 Å². The molecule has 2 rings (SSSR count). The highest BCUT2D eigenvalue weighted by molar-refractivity contribution is 14.0. The van der Waals surface area contributed by atoms with Gasteiger partial charge >= 0.3 is 0 Å². The third kappa shape index (κ3) is 10.3. The van der Waals surface area contributed by atoms with Gasteiger partial charge in [-0.1, -0.05) is 0 Å². The fraction of sp³-hybridized carbons (Fsp3) is 0.947. The molecule has 0 saturated carbocycles. The number of ether oxygens (including phenoxy) is 3. The molecule has 0 aromatic carbocycles. The number of halogens is 1. The monoisotopic (exact) mass is 498 g/mol. The predicted molar refractivity (Wildman–Crippen MR) is 120 cm³/mol. The molecule has 27 heavy (non-hydrogen) atoms. The van der Waals surface area contributed by atoms with Crippen LogP contribution in [-0.2, 0) is 14.2 Å². The molecule has 2 saturated heterocycles. The number of likely N-dealkylation sites (tertiary alicyclic amines) is 1. The van der Waals surface area contributed by atoms with Crippen LogP contribution in [-0.4, -0.2) is 90.3 Å². The largest absolute Gasteiger partial charge is 0.383 e. The number of aliphatic imine (C=N–C) groups is 1. The predicted octanol–water partition coefficient (Wildman–Crippen LogP) is 1.71. The topological polar surface area (TPSA) is 67.4 Å². The fourth-order valence-corrected chi connectivity index (χ4v) is 3.61. The minimum absolute atomic E-state index is 0. The van der Waals surface area contributed by atoms with Gasteiger partial charge in [-0.05, 0) is 44.6 Å². The van der Waals surface area contributed by atoms with Gasteiger partial charge in [-0.25, -0.2) is 0 Å². The van der Waals surface area contributed by atoms with Gasteiger partial charge in [-0.15, -0.1) is 24.0 Å². The van der Waals surface area contributed by atoms with E-state index >= 15 is 0 Å². The summed E-state index contributed by atoms with van der Waals surface area (Å²) in [6.45, 7) is 8.26. The highest BCUT2D eigenvalue weighted by Crippen LogP contribution is 2.16. The molecular weight excluding hydrogens is 459 g/mol. The molecule has 2 aliphatic heterocycles. The van der Waals surface area contributed by atoms with Crippen molar-refractivity contribution in [3.8, 4) is 0 Å². The first-order valence-electron chi connectivity index (χ1n) is 10.2. The van der Waals surface area contributed by atoms with Gasteiger partial charge in [-0.3, -0.25) is 9.89 Å². The summed E-state index contributed by atoms with van der Waals surface area (Å²) < 4.78 is 16.4. The molecule has 0 spiro atoms. The normalized spacial score (nSPS) is 21.9. The summed E-state index contributed by atoms with van der Waals surface area (Å²) in [5, 5.41) is 6.85. The van der Waals surface area contributed by atoms with E-state index in [4.69, 9.17) is 14.2 Å². The Morgan fingerprint density at radius 3 is 2.74 bits per heavy atom. The van der Waals surface area contributed by atoms with Crippen LogP contribution in [0.5, 0.6) is 0 Å². The summed E-state index contributed by atoms with van der Waals surface area (Å²) in [7, 11) is 3.59. The number of nitrogens with one attached hydrogen (secondary N) is 2. The Labute approximate surface area is 182 Å². The maximum absolute atomic E-state index is 5.81. The van der Waals surface area contributed by atoms with E-state index in [-0.39, 0.29) is 24.0 Å². The number of methoxy groups -OCH3 is 1. The molecule has 2 fully saturated rings. The first-order valence-corrected chi connectivity index (χ1v) is 10.2. The number of hydrogen-bond acceptors (Lipinski definition) is 5. The molecule has 1 atom stereocenters. The van der Waals surface area contributed by atoms with Gasteiger partial charge in [0.25, 0.3) is 0 Å². The maximum Gasteiger partial charge on any atom is 0.191 e. The van der Waals surface area contributed by atoms with Crippen molar-refractivity contribution in [3.05, 3.63) is 0 Å². The van der Waals surface area contributed by atoms with Gasteiger partial charge in [-0.2, -0.15) is 0 Å². The van der Waals surface area contributed by atoms with Gasteiger partial charge < -0.3 is 24.8 Å². The molecule has 0 aromatic heterocycles. The van der Waals surface area contributed by atoms with Crippen molar-refractivity contribution < 1.29 is 14.2 Å². The van der Waals surface area contributed by atoms with Gasteiger partial charge in [0.2, 0.25) is 0 Å². The standard InChI is InChI=1S/C19H38N4O3.HI/c1-20-19(22-15-18-5-3-9-23(18)10-14-24-2)21-8-4-11-26-16-17-6-12-25-13-7-17;/h17-18H,3-16H2,1-2H3,(H2,20,21,22);1H. The molecule has 2 heterocycles. The summed E-state index contributed by atoms with van der Waals surface area (Å²) in [5.41, 5.74) is 0. The summed E-state index contributed by atoms with van der Waals surface area (Å²) in [4.78, 5) is 6.83. The molecule has 1 unspecified atom stereocenters. The Morgan fingerprint density at radius 2 is 2.00 bits per heavy atom. The zero-order valence-corrected chi connectivity index (χ0v) is 19.4. The molecule has 0 aromatic rings. The Bertz CT molecular complexity index is 395. The minimum atomic E-state index is 0. The minimum Gasteiger partial charge on any atom is -0.383 e. The molecule has 2 N–H and O–H groups in total. The van der Waals surface area contributed by atoms with E-state index in [2.05, 4.69) is 20.5 Å². The van der Waals surface area contributed by atoms with Crippen molar-refractivity contribution in [2.24, 2.45) is 10.9 Å². The molecule has 2 aliphatic rings. The van der Waals surface area contributed by atoms with Crippen LogP contribution in [0.2, 0.25) is 0 Å². The average Bonchev–Trinajstić information content (AvgIpc) is 3.13. The van der Waals surface area contributed by atoms with Crippen LogP contribution in [0.25, 0.3) is 0 Å². The third-order valence-corrected chi connectivity index (χ3v) is 5.26. The van der Waals surface area contributed by atoms with E-state index in [1.807, 2.05) is 7.05 Å². The van der Waals surface area contributed by atoms with Crippen molar-refractivity contribution in [3.63, 3.8) is 0 Å². The zero-order chi connectivity index (χ0) is 18.5. The number of guanidine groups is 1. The van der Waals surface area contributed by atoms with Crippen LogP contribution in [0, 0.1) is 5.92 Å². The maximum atomic E-state index is 5.81. The highest BCUT2D eigenvalue weighted by atomic mass is 127. The molecule has 160 valence electrons. The second kappa shape index (κ2) is 15.7. The summed E-state index contributed by atoms with van der Waals surface area (Å²) in [6.07, 6.45) is 5.78. The first-order chi connectivity index (χ1) is 12.8. The third-order valence-electron chi connectivity index (χ3n) is 5.26. The van der Waals surface area contributed by atoms with Crippen LogP contribution >= 0.6 is 24.0 Å². The lowest BCUT2D eigenvalue weighted by molar-refractivity contribution is 0.0203. The molecule has 7 nitrogen and oxygen atoms in total. The van der Waals surface area contributed by atoms with E-state index in [1.165, 1.54) is 19.4 Å². The Morgan fingerprint density at radius 1 is 1.19 bits per heavy atom. The molecule has 0 bridgehead atoms. The molecule has 0 radical (unpaired) electrons. The van der Waals surface area contributed by atoms with Gasteiger partial charge in [0, 0.05) is 66.3 Å². The lowest BCUT2D eigenvalue weighted by atomic mass is 10.0. The summed E-state index contributed by atoms with van der Waals surface area (Å²) in [5.74, 6) is 1.56. The molecule has 0 amide bonds. The van der Waals surface area contributed by atoms with Gasteiger partial charge in [0.15, 0.2) is 5.96 Å². The van der Waals surface area contributed by atoms with Crippen LogP contribution in [0.1, 0.15) is 32.1 Å². The molecular formula is C19H39IN4O3. The summed E-state index contributed by atoms with van der Waals surface area (Å²) in [6, 6.07) is 0.575. The average molecular weight is 498 g/mol. The second-order valence-corrected chi connectivity index (χ2v) is 7.19.